The second-order valence-corrected chi connectivity index (χ2v) is 7.20. The van der Waals surface area contributed by atoms with E-state index in [1.54, 1.807) is 6.20 Å². The first-order chi connectivity index (χ1) is 13.1. The first-order valence-corrected chi connectivity index (χ1v) is 9.32. The van der Waals surface area contributed by atoms with Gasteiger partial charge in [0.1, 0.15) is 0 Å². The molecule has 2 N–H and O–H groups in total. The number of nitrogens with zero attached hydrogens (tertiary/aromatic N) is 1. The molecule has 0 aliphatic heterocycles. The number of rotatable bonds is 6. The SMILES string of the molecule is Cc1ccc(C(=O)NC2CC2)cc1NCc1ncc(-c2cccc(Cl)c2)o1. The Balaban J connectivity index is 1.44. The summed E-state index contributed by atoms with van der Waals surface area (Å²) in [5, 5.41) is 6.97. The minimum Gasteiger partial charge on any atom is -0.439 e. The van der Waals surface area contributed by atoms with Gasteiger partial charge >= 0.3 is 0 Å². The van der Waals surface area contributed by atoms with Crippen molar-refractivity contribution in [3.8, 4) is 11.3 Å². The zero-order chi connectivity index (χ0) is 18.8. The molecule has 1 aromatic heterocycles. The van der Waals surface area contributed by atoms with Crippen LogP contribution >= 0.6 is 11.6 Å². The van der Waals surface area contributed by atoms with Gasteiger partial charge in [-0.15, -0.1) is 0 Å². The standard InChI is InChI=1S/C21H20ClN3O2/c1-13-5-6-15(21(26)25-17-7-8-17)10-18(13)23-12-20-24-11-19(27-20)14-3-2-4-16(22)9-14/h2-6,9-11,17,23H,7-8,12H2,1H3,(H,25,26). The molecule has 1 saturated carbocycles. The summed E-state index contributed by atoms with van der Waals surface area (Å²) in [5.74, 6) is 1.21. The predicted molar refractivity (Wildman–Crippen MR) is 106 cm³/mol. The van der Waals surface area contributed by atoms with E-state index in [2.05, 4.69) is 15.6 Å². The molecule has 3 aromatic rings. The smallest absolute Gasteiger partial charge is 0.251 e. The molecule has 27 heavy (non-hydrogen) atoms. The average Bonchev–Trinajstić information content (AvgIpc) is 3.34. The lowest BCUT2D eigenvalue weighted by Crippen LogP contribution is -2.25. The fourth-order valence-corrected chi connectivity index (χ4v) is 2.98. The summed E-state index contributed by atoms with van der Waals surface area (Å²) in [5.41, 5.74) is 3.48. The Morgan fingerprint density at radius 3 is 2.89 bits per heavy atom. The van der Waals surface area contributed by atoms with Gasteiger partial charge in [0.2, 0.25) is 5.89 Å². The predicted octanol–water partition coefficient (Wildman–Crippen LogP) is 4.81. The fourth-order valence-electron chi connectivity index (χ4n) is 2.79. The number of hydrogen-bond donors (Lipinski definition) is 2. The third-order valence-electron chi connectivity index (χ3n) is 4.51. The number of carbonyl (C=O) groups is 1. The van der Waals surface area contributed by atoms with E-state index in [0.29, 0.717) is 34.8 Å². The van der Waals surface area contributed by atoms with Gasteiger partial charge in [-0.3, -0.25) is 4.79 Å². The molecule has 6 heteroatoms. The van der Waals surface area contributed by atoms with Gasteiger partial charge in [0, 0.05) is 27.9 Å². The van der Waals surface area contributed by atoms with Crippen molar-refractivity contribution in [1.29, 1.82) is 0 Å². The lowest BCUT2D eigenvalue weighted by molar-refractivity contribution is 0.0951. The molecule has 0 atom stereocenters. The molecular formula is C21H20ClN3O2. The largest absolute Gasteiger partial charge is 0.439 e. The zero-order valence-electron chi connectivity index (χ0n) is 15.0. The average molecular weight is 382 g/mol. The monoisotopic (exact) mass is 381 g/mol. The number of aromatic nitrogens is 1. The second-order valence-electron chi connectivity index (χ2n) is 6.76. The van der Waals surface area contributed by atoms with Gasteiger partial charge in [0.15, 0.2) is 5.76 Å². The molecule has 0 bridgehead atoms. The molecule has 1 fully saturated rings. The lowest BCUT2D eigenvalue weighted by atomic mass is 10.1. The van der Waals surface area contributed by atoms with E-state index in [1.807, 2.05) is 49.4 Å². The van der Waals surface area contributed by atoms with Crippen molar-refractivity contribution in [2.45, 2.75) is 32.4 Å². The topological polar surface area (TPSA) is 67.2 Å². The van der Waals surface area contributed by atoms with Crippen LogP contribution in [0.4, 0.5) is 5.69 Å². The maximum Gasteiger partial charge on any atom is 0.251 e. The zero-order valence-corrected chi connectivity index (χ0v) is 15.7. The summed E-state index contributed by atoms with van der Waals surface area (Å²) in [6, 6.07) is 13.5. The highest BCUT2D eigenvalue weighted by Gasteiger charge is 2.24. The fraction of sp³-hybridized carbons (Fsp3) is 0.238. The maximum absolute atomic E-state index is 12.2. The van der Waals surface area contributed by atoms with Crippen molar-refractivity contribution in [2.75, 3.05) is 5.32 Å². The number of halogens is 1. The van der Waals surface area contributed by atoms with E-state index < -0.39 is 0 Å². The molecular weight excluding hydrogens is 362 g/mol. The number of nitrogens with one attached hydrogen (secondary N) is 2. The van der Waals surface area contributed by atoms with E-state index in [0.717, 1.165) is 29.7 Å². The molecule has 0 radical (unpaired) electrons. The highest BCUT2D eigenvalue weighted by Crippen LogP contribution is 2.25. The molecule has 138 valence electrons. The molecule has 0 unspecified atom stereocenters. The Bertz CT molecular complexity index is 979. The van der Waals surface area contributed by atoms with Gasteiger partial charge in [-0.05, 0) is 49.6 Å². The molecule has 5 nitrogen and oxygen atoms in total. The van der Waals surface area contributed by atoms with Gasteiger partial charge < -0.3 is 15.1 Å². The van der Waals surface area contributed by atoms with Crippen LogP contribution in [-0.2, 0) is 6.54 Å². The number of anilines is 1. The van der Waals surface area contributed by atoms with Crippen LogP contribution in [0.2, 0.25) is 5.02 Å². The van der Waals surface area contributed by atoms with E-state index >= 15 is 0 Å². The summed E-state index contributed by atoms with van der Waals surface area (Å²) >= 11 is 6.03. The van der Waals surface area contributed by atoms with Crippen LogP contribution in [0.15, 0.2) is 53.1 Å². The van der Waals surface area contributed by atoms with E-state index in [1.165, 1.54) is 0 Å². The third-order valence-corrected chi connectivity index (χ3v) is 4.74. The summed E-state index contributed by atoms with van der Waals surface area (Å²) in [4.78, 5) is 16.6. The summed E-state index contributed by atoms with van der Waals surface area (Å²) in [6.45, 7) is 2.42. The number of aryl methyl sites for hydroxylation is 1. The van der Waals surface area contributed by atoms with Crippen molar-refractivity contribution < 1.29 is 9.21 Å². The van der Waals surface area contributed by atoms with E-state index in [4.69, 9.17) is 16.0 Å². The van der Waals surface area contributed by atoms with Gasteiger partial charge in [-0.25, -0.2) is 4.98 Å². The summed E-state index contributed by atoms with van der Waals surface area (Å²) in [6.07, 6.45) is 3.83. The minimum atomic E-state index is -0.0279. The number of hydrogen-bond acceptors (Lipinski definition) is 4. The van der Waals surface area contributed by atoms with Crippen molar-refractivity contribution in [2.24, 2.45) is 0 Å². The van der Waals surface area contributed by atoms with Crippen LogP contribution in [-0.4, -0.2) is 16.9 Å². The van der Waals surface area contributed by atoms with Crippen LogP contribution in [0.3, 0.4) is 0 Å². The lowest BCUT2D eigenvalue weighted by Gasteiger charge is -2.10. The van der Waals surface area contributed by atoms with Crippen molar-refractivity contribution in [3.63, 3.8) is 0 Å². The van der Waals surface area contributed by atoms with E-state index in [9.17, 15) is 4.79 Å². The normalized spacial score (nSPS) is 13.4. The van der Waals surface area contributed by atoms with Crippen LogP contribution in [0, 0.1) is 6.92 Å². The quantitative estimate of drug-likeness (QED) is 0.643. The molecule has 1 aliphatic rings. The molecule has 4 rings (SSSR count). The third kappa shape index (κ3) is 4.31. The molecule has 1 heterocycles. The minimum absolute atomic E-state index is 0.0279. The van der Waals surface area contributed by atoms with Gasteiger partial charge in [-0.2, -0.15) is 0 Å². The maximum atomic E-state index is 12.2. The Kier molecular flexibility index (Phi) is 4.86. The molecule has 0 saturated heterocycles. The van der Waals surface area contributed by atoms with Crippen LogP contribution in [0.25, 0.3) is 11.3 Å². The second kappa shape index (κ2) is 7.45. The van der Waals surface area contributed by atoms with Crippen molar-refractivity contribution in [3.05, 3.63) is 70.7 Å². The Labute approximate surface area is 162 Å². The van der Waals surface area contributed by atoms with Crippen LogP contribution in [0.1, 0.15) is 34.7 Å². The van der Waals surface area contributed by atoms with E-state index in [-0.39, 0.29) is 5.91 Å². The van der Waals surface area contributed by atoms with Crippen molar-refractivity contribution in [1.82, 2.24) is 10.3 Å². The van der Waals surface area contributed by atoms with Crippen molar-refractivity contribution >= 4 is 23.2 Å². The number of oxazole rings is 1. The Morgan fingerprint density at radius 2 is 2.11 bits per heavy atom. The Morgan fingerprint density at radius 1 is 1.26 bits per heavy atom. The van der Waals surface area contributed by atoms with Gasteiger partial charge in [0.05, 0.1) is 12.7 Å². The van der Waals surface area contributed by atoms with Gasteiger partial charge in [-0.1, -0.05) is 29.8 Å². The summed E-state index contributed by atoms with van der Waals surface area (Å²) < 4.78 is 5.81. The first kappa shape index (κ1) is 17.6. The first-order valence-electron chi connectivity index (χ1n) is 8.94. The number of amides is 1. The molecule has 1 amide bonds. The molecule has 0 spiro atoms. The van der Waals surface area contributed by atoms with Gasteiger partial charge in [0.25, 0.3) is 5.91 Å². The highest BCUT2D eigenvalue weighted by atomic mass is 35.5. The van der Waals surface area contributed by atoms with Crippen LogP contribution < -0.4 is 10.6 Å². The molecule has 1 aliphatic carbocycles. The number of carbonyl (C=O) groups excluding carboxylic acids is 1. The highest BCUT2D eigenvalue weighted by molar-refractivity contribution is 6.30. The summed E-state index contributed by atoms with van der Waals surface area (Å²) in [7, 11) is 0. The van der Waals surface area contributed by atoms with Crippen LogP contribution in [0.5, 0.6) is 0 Å². The molecule has 2 aromatic carbocycles. The Hall–Kier alpha value is -2.79. The number of benzene rings is 2.